The van der Waals surface area contributed by atoms with E-state index in [0.29, 0.717) is 19.4 Å². The normalized spacial score (nSPS) is 21.6. The van der Waals surface area contributed by atoms with Gasteiger partial charge in [-0.15, -0.1) is 11.3 Å². The van der Waals surface area contributed by atoms with Crippen molar-refractivity contribution in [1.29, 1.82) is 0 Å². The van der Waals surface area contributed by atoms with Crippen LogP contribution in [0.25, 0.3) is 0 Å². The molecule has 6 heteroatoms. The first-order chi connectivity index (χ1) is 9.54. The Labute approximate surface area is 131 Å². The maximum atomic E-state index is 12.2. The fourth-order valence-electron chi connectivity index (χ4n) is 2.76. The summed E-state index contributed by atoms with van der Waals surface area (Å²) in [7, 11) is 0. The van der Waals surface area contributed by atoms with E-state index in [9.17, 15) is 9.59 Å². The summed E-state index contributed by atoms with van der Waals surface area (Å²) in [6.45, 7) is 2.48. The molecule has 1 saturated heterocycles. The Hall–Kier alpha value is -0.880. The van der Waals surface area contributed by atoms with E-state index in [1.807, 2.05) is 18.4 Å². The van der Waals surface area contributed by atoms with Gasteiger partial charge in [0.25, 0.3) is 0 Å². The lowest BCUT2D eigenvalue weighted by Gasteiger charge is -2.30. The number of thiophene rings is 1. The molecule has 1 aliphatic heterocycles. The Kier molecular flexibility index (Phi) is 5.21. The summed E-state index contributed by atoms with van der Waals surface area (Å²) in [6, 6.07) is 1.55. The molecule has 20 heavy (non-hydrogen) atoms. The van der Waals surface area contributed by atoms with Gasteiger partial charge in [0.15, 0.2) is 0 Å². The molecule has 1 aliphatic rings. The van der Waals surface area contributed by atoms with Crippen molar-refractivity contribution >= 4 is 39.1 Å². The molecule has 2 rings (SSSR count). The van der Waals surface area contributed by atoms with Gasteiger partial charge in [-0.25, -0.2) is 0 Å². The van der Waals surface area contributed by atoms with Crippen molar-refractivity contribution in [3.8, 4) is 0 Å². The zero-order valence-electron chi connectivity index (χ0n) is 11.5. The Morgan fingerprint density at radius 3 is 2.95 bits per heavy atom. The molecule has 0 radical (unpaired) electrons. The summed E-state index contributed by atoms with van der Waals surface area (Å²) in [6.07, 6.45) is 2.90. The minimum absolute atomic E-state index is 0.0471. The highest BCUT2D eigenvalue weighted by Gasteiger charge is 2.32. The van der Waals surface area contributed by atoms with E-state index < -0.39 is 11.9 Å². The van der Waals surface area contributed by atoms with E-state index in [1.165, 1.54) is 4.88 Å². The number of carbonyl (C=O) groups excluding carboxylic acids is 2. The molecule has 2 heterocycles. The van der Waals surface area contributed by atoms with Crippen LogP contribution in [0, 0.1) is 0 Å². The van der Waals surface area contributed by atoms with Crippen LogP contribution in [0.1, 0.15) is 43.4 Å². The summed E-state index contributed by atoms with van der Waals surface area (Å²) in [5.74, 6) is -0.0817. The van der Waals surface area contributed by atoms with E-state index in [-0.39, 0.29) is 11.8 Å². The predicted octanol–water partition coefficient (Wildman–Crippen LogP) is 2.87. The van der Waals surface area contributed by atoms with E-state index in [1.54, 1.807) is 16.2 Å². The monoisotopic (exact) mass is 358 g/mol. The van der Waals surface area contributed by atoms with Crippen molar-refractivity contribution in [3.63, 3.8) is 0 Å². The summed E-state index contributed by atoms with van der Waals surface area (Å²) >= 11 is 5.26. The maximum Gasteiger partial charge on any atom is 0.240 e. The molecule has 1 aromatic rings. The van der Waals surface area contributed by atoms with E-state index in [4.69, 9.17) is 5.73 Å². The van der Waals surface area contributed by atoms with Crippen molar-refractivity contribution in [3.05, 3.63) is 20.8 Å². The number of hydrogen-bond donors (Lipinski definition) is 1. The number of amides is 2. The molecule has 0 aliphatic carbocycles. The molecule has 0 spiro atoms. The van der Waals surface area contributed by atoms with Crippen LogP contribution in [-0.2, 0) is 9.59 Å². The summed E-state index contributed by atoms with van der Waals surface area (Å²) in [5.41, 5.74) is 5.45. The number of nitrogens with two attached hydrogens (primary N) is 1. The molecule has 1 fully saturated rings. The highest BCUT2D eigenvalue weighted by molar-refractivity contribution is 9.10. The fourth-order valence-corrected chi connectivity index (χ4v) is 4.59. The quantitative estimate of drug-likeness (QED) is 0.899. The molecule has 0 aromatic carbocycles. The third kappa shape index (κ3) is 3.23. The van der Waals surface area contributed by atoms with Gasteiger partial charge in [-0.05, 0) is 46.6 Å². The number of carbonyl (C=O) groups is 2. The molecule has 4 nitrogen and oxygen atoms in total. The smallest absolute Gasteiger partial charge is 0.240 e. The molecule has 2 N–H and O–H groups in total. The zero-order chi connectivity index (χ0) is 14.7. The number of rotatable bonds is 4. The molecule has 2 amide bonds. The lowest BCUT2D eigenvalue weighted by atomic mass is 10.0. The average molecular weight is 359 g/mol. The largest absolute Gasteiger partial charge is 0.368 e. The minimum Gasteiger partial charge on any atom is -0.368 e. The van der Waals surface area contributed by atoms with E-state index in [0.717, 1.165) is 17.3 Å². The third-order valence-electron chi connectivity index (χ3n) is 3.79. The molecular weight excluding hydrogens is 340 g/mol. The van der Waals surface area contributed by atoms with Crippen LogP contribution in [0.4, 0.5) is 0 Å². The molecular formula is C14H19BrN2O2S. The van der Waals surface area contributed by atoms with Crippen LogP contribution in [0.2, 0.25) is 0 Å². The highest BCUT2D eigenvalue weighted by atomic mass is 79.9. The second kappa shape index (κ2) is 6.72. The average Bonchev–Trinajstić information content (AvgIpc) is 2.73. The molecule has 2 unspecified atom stereocenters. The first kappa shape index (κ1) is 15.5. The number of halogens is 1. The lowest BCUT2D eigenvalue weighted by molar-refractivity contribution is -0.139. The van der Waals surface area contributed by atoms with Crippen molar-refractivity contribution in [2.75, 3.05) is 6.54 Å². The number of likely N-dealkylation sites (tertiary alicyclic amines) is 1. The van der Waals surface area contributed by atoms with Gasteiger partial charge in [0.1, 0.15) is 6.04 Å². The van der Waals surface area contributed by atoms with E-state index >= 15 is 0 Å². The molecule has 0 bridgehead atoms. The maximum absolute atomic E-state index is 12.2. The van der Waals surface area contributed by atoms with Crippen LogP contribution in [0.15, 0.2) is 15.9 Å². The van der Waals surface area contributed by atoms with Gasteiger partial charge in [0.05, 0.1) is 0 Å². The molecule has 2 atom stereocenters. The predicted molar refractivity (Wildman–Crippen MR) is 83.6 cm³/mol. The third-order valence-corrected chi connectivity index (χ3v) is 5.82. The van der Waals surface area contributed by atoms with Crippen LogP contribution in [-0.4, -0.2) is 29.3 Å². The van der Waals surface area contributed by atoms with Crippen molar-refractivity contribution in [1.82, 2.24) is 4.90 Å². The van der Waals surface area contributed by atoms with Crippen molar-refractivity contribution in [2.24, 2.45) is 5.73 Å². The fraction of sp³-hybridized carbons (Fsp3) is 0.571. The topological polar surface area (TPSA) is 63.4 Å². The molecule has 110 valence electrons. The van der Waals surface area contributed by atoms with Gasteiger partial charge in [-0.2, -0.15) is 0 Å². The van der Waals surface area contributed by atoms with Crippen LogP contribution in [0.5, 0.6) is 0 Å². The van der Waals surface area contributed by atoms with Gasteiger partial charge in [0, 0.05) is 28.2 Å². The second-order valence-electron chi connectivity index (χ2n) is 5.09. The lowest BCUT2D eigenvalue weighted by Crippen LogP contribution is -2.48. The minimum atomic E-state index is -0.484. The Morgan fingerprint density at radius 1 is 1.65 bits per heavy atom. The van der Waals surface area contributed by atoms with Crippen molar-refractivity contribution < 1.29 is 9.59 Å². The van der Waals surface area contributed by atoms with Gasteiger partial charge in [0.2, 0.25) is 11.8 Å². The van der Waals surface area contributed by atoms with Gasteiger partial charge >= 0.3 is 0 Å². The summed E-state index contributed by atoms with van der Waals surface area (Å²) < 4.78 is 1.09. The Bertz CT molecular complexity index is 503. The second-order valence-corrected chi connectivity index (χ2v) is 6.90. The first-order valence-corrected chi connectivity index (χ1v) is 8.53. The number of hydrogen-bond acceptors (Lipinski definition) is 3. The summed E-state index contributed by atoms with van der Waals surface area (Å²) in [4.78, 5) is 26.7. The Morgan fingerprint density at radius 2 is 2.40 bits per heavy atom. The van der Waals surface area contributed by atoms with E-state index in [2.05, 4.69) is 15.9 Å². The summed E-state index contributed by atoms with van der Waals surface area (Å²) in [5, 5.41) is 2.04. The number of primary amides is 1. The SMILES string of the molecule is CCC(C(N)=O)N1CC(c2sccc2Br)CCCC1=O. The molecule has 0 saturated carbocycles. The zero-order valence-corrected chi connectivity index (χ0v) is 13.9. The number of nitrogens with zero attached hydrogens (tertiary/aromatic N) is 1. The molecule has 1 aromatic heterocycles. The van der Waals surface area contributed by atoms with Gasteiger partial charge in [-0.3, -0.25) is 9.59 Å². The first-order valence-electron chi connectivity index (χ1n) is 6.86. The van der Waals surface area contributed by atoms with Crippen LogP contribution in [0.3, 0.4) is 0 Å². The van der Waals surface area contributed by atoms with Gasteiger partial charge < -0.3 is 10.6 Å². The van der Waals surface area contributed by atoms with Crippen LogP contribution >= 0.6 is 27.3 Å². The standard InChI is InChI=1S/C14H19BrN2O2S/c1-2-11(14(16)19)17-8-9(4-3-5-12(17)18)13-10(15)6-7-20-13/h6-7,9,11H,2-5,8H2,1H3,(H2,16,19). The van der Waals surface area contributed by atoms with Crippen LogP contribution < -0.4 is 5.73 Å². The highest BCUT2D eigenvalue weighted by Crippen LogP contribution is 2.36. The Balaban J connectivity index is 2.24. The van der Waals surface area contributed by atoms with Gasteiger partial charge in [-0.1, -0.05) is 6.92 Å². The van der Waals surface area contributed by atoms with Crippen molar-refractivity contribution in [2.45, 2.75) is 44.6 Å².